The first-order valence-corrected chi connectivity index (χ1v) is 6.07. The number of benzene rings is 1. The van der Waals surface area contributed by atoms with E-state index in [1.807, 2.05) is 0 Å². The van der Waals surface area contributed by atoms with Gasteiger partial charge >= 0.3 is 6.18 Å². The highest BCUT2D eigenvalue weighted by Gasteiger charge is 2.42. The lowest BCUT2D eigenvalue weighted by molar-refractivity contribution is -0.157. The van der Waals surface area contributed by atoms with Crippen LogP contribution < -0.4 is 0 Å². The van der Waals surface area contributed by atoms with Crippen molar-refractivity contribution in [2.24, 2.45) is 5.92 Å². The minimum absolute atomic E-state index is 0.0173. The van der Waals surface area contributed by atoms with Gasteiger partial charge in [-0.15, -0.1) is 0 Å². The zero-order chi connectivity index (χ0) is 14.0. The molecule has 1 atom stereocenters. The van der Waals surface area contributed by atoms with Gasteiger partial charge in [-0.2, -0.15) is 13.2 Å². The molecule has 0 heterocycles. The SMILES string of the molecule is Cc1cc(CO)ccc1C1=CC=CCC1C(F)(F)F. The predicted octanol–water partition coefficient (Wildman–Crippen LogP) is 4.01. The van der Waals surface area contributed by atoms with Gasteiger partial charge < -0.3 is 5.11 Å². The van der Waals surface area contributed by atoms with Gasteiger partial charge in [0, 0.05) is 0 Å². The van der Waals surface area contributed by atoms with Crippen molar-refractivity contribution in [2.45, 2.75) is 26.1 Å². The van der Waals surface area contributed by atoms with Crippen LogP contribution in [0, 0.1) is 12.8 Å². The zero-order valence-electron chi connectivity index (χ0n) is 10.5. The largest absolute Gasteiger partial charge is 0.396 e. The molecular formula is C15H15F3O. The van der Waals surface area contributed by atoms with Crippen LogP contribution in [0.2, 0.25) is 0 Å². The van der Waals surface area contributed by atoms with E-state index in [0.29, 0.717) is 16.7 Å². The molecule has 0 aromatic heterocycles. The van der Waals surface area contributed by atoms with E-state index in [9.17, 15) is 13.2 Å². The summed E-state index contributed by atoms with van der Waals surface area (Å²) in [4.78, 5) is 0. The summed E-state index contributed by atoms with van der Waals surface area (Å²) in [5.41, 5.74) is 2.36. The summed E-state index contributed by atoms with van der Waals surface area (Å²) >= 11 is 0. The summed E-state index contributed by atoms with van der Waals surface area (Å²) in [6.07, 6.45) is 0.480. The molecule has 1 N–H and O–H groups in total. The average molecular weight is 268 g/mol. The van der Waals surface area contributed by atoms with E-state index in [0.717, 1.165) is 5.56 Å². The van der Waals surface area contributed by atoms with Crippen molar-refractivity contribution in [2.75, 3.05) is 0 Å². The second-order valence-electron chi connectivity index (χ2n) is 4.69. The molecule has 0 spiro atoms. The minimum atomic E-state index is -4.24. The van der Waals surface area contributed by atoms with Crippen molar-refractivity contribution >= 4 is 5.57 Å². The average Bonchev–Trinajstić information content (AvgIpc) is 2.37. The van der Waals surface area contributed by atoms with Crippen LogP contribution in [0.1, 0.15) is 23.1 Å². The highest BCUT2D eigenvalue weighted by Crippen LogP contribution is 2.42. The van der Waals surface area contributed by atoms with Crippen molar-refractivity contribution in [1.82, 2.24) is 0 Å². The van der Waals surface area contributed by atoms with E-state index in [1.54, 1.807) is 37.3 Å². The highest BCUT2D eigenvalue weighted by atomic mass is 19.4. The Hall–Kier alpha value is -1.55. The molecule has 1 aliphatic carbocycles. The number of aryl methyl sites for hydroxylation is 1. The fourth-order valence-electron chi connectivity index (χ4n) is 2.36. The maximum Gasteiger partial charge on any atom is 0.396 e. The summed E-state index contributed by atoms with van der Waals surface area (Å²) in [5, 5.41) is 9.04. The fourth-order valence-corrected chi connectivity index (χ4v) is 2.36. The van der Waals surface area contributed by atoms with Gasteiger partial charge in [0.1, 0.15) is 0 Å². The zero-order valence-corrected chi connectivity index (χ0v) is 10.5. The van der Waals surface area contributed by atoms with Crippen molar-refractivity contribution in [3.63, 3.8) is 0 Å². The summed E-state index contributed by atoms with van der Waals surface area (Å²) in [5.74, 6) is -1.45. The first-order valence-electron chi connectivity index (χ1n) is 6.07. The third-order valence-corrected chi connectivity index (χ3v) is 3.34. The van der Waals surface area contributed by atoms with Crippen LogP contribution >= 0.6 is 0 Å². The van der Waals surface area contributed by atoms with Gasteiger partial charge in [-0.05, 0) is 35.6 Å². The molecule has 1 nitrogen and oxygen atoms in total. The Morgan fingerprint density at radius 1 is 1.32 bits per heavy atom. The van der Waals surface area contributed by atoms with Crippen LogP contribution in [-0.4, -0.2) is 11.3 Å². The smallest absolute Gasteiger partial charge is 0.392 e. The van der Waals surface area contributed by atoms with E-state index >= 15 is 0 Å². The summed E-state index contributed by atoms with van der Waals surface area (Å²) in [6.45, 7) is 1.66. The topological polar surface area (TPSA) is 20.2 Å². The summed E-state index contributed by atoms with van der Waals surface area (Å²) in [7, 11) is 0. The molecule has 0 saturated heterocycles. The van der Waals surface area contributed by atoms with Gasteiger partial charge in [-0.1, -0.05) is 36.4 Å². The highest BCUT2D eigenvalue weighted by molar-refractivity contribution is 5.73. The number of aliphatic hydroxyl groups is 1. The molecule has 1 aromatic rings. The fraction of sp³-hybridized carbons (Fsp3) is 0.333. The van der Waals surface area contributed by atoms with Gasteiger partial charge in [0.15, 0.2) is 0 Å². The molecule has 1 aromatic carbocycles. The van der Waals surface area contributed by atoms with Crippen LogP contribution in [0.3, 0.4) is 0 Å². The molecule has 0 amide bonds. The van der Waals surface area contributed by atoms with Gasteiger partial charge in [-0.3, -0.25) is 0 Å². The number of hydrogen-bond donors (Lipinski definition) is 1. The van der Waals surface area contributed by atoms with Crippen LogP contribution in [0.25, 0.3) is 5.57 Å². The molecule has 1 unspecified atom stereocenters. The first kappa shape index (κ1) is 13.9. The molecular weight excluding hydrogens is 253 g/mol. The Kier molecular flexibility index (Phi) is 3.80. The van der Waals surface area contributed by atoms with Crippen molar-refractivity contribution in [1.29, 1.82) is 0 Å². The van der Waals surface area contributed by atoms with E-state index in [1.165, 1.54) is 6.08 Å². The Morgan fingerprint density at radius 3 is 2.63 bits per heavy atom. The van der Waals surface area contributed by atoms with Gasteiger partial charge in [-0.25, -0.2) is 0 Å². The van der Waals surface area contributed by atoms with E-state index in [-0.39, 0.29) is 13.0 Å². The minimum Gasteiger partial charge on any atom is -0.392 e. The molecule has 2 rings (SSSR count). The van der Waals surface area contributed by atoms with E-state index in [2.05, 4.69) is 0 Å². The first-order chi connectivity index (χ1) is 8.93. The van der Waals surface area contributed by atoms with Crippen LogP contribution in [0.15, 0.2) is 36.4 Å². The number of aliphatic hydroxyl groups excluding tert-OH is 1. The second kappa shape index (κ2) is 5.21. The maximum absolute atomic E-state index is 13.0. The molecule has 0 fully saturated rings. The van der Waals surface area contributed by atoms with Crippen LogP contribution in [-0.2, 0) is 6.61 Å². The molecule has 0 radical (unpaired) electrons. The number of halogens is 3. The molecule has 19 heavy (non-hydrogen) atoms. The monoisotopic (exact) mass is 268 g/mol. The van der Waals surface area contributed by atoms with Gasteiger partial charge in [0.05, 0.1) is 12.5 Å². The van der Waals surface area contributed by atoms with Crippen LogP contribution in [0.5, 0.6) is 0 Å². The Balaban J connectivity index is 2.44. The van der Waals surface area contributed by atoms with Gasteiger partial charge in [0.25, 0.3) is 0 Å². The molecule has 1 aliphatic rings. The van der Waals surface area contributed by atoms with Crippen molar-refractivity contribution < 1.29 is 18.3 Å². The van der Waals surface area contributed by atoms with Crippen LogP contribution in [0.4, 0.5) is 13.2 Å². The quantitative estimate of drug-likeness (QED) is 0.859. The van der Waals surface area contributed by atoms with E-state index in [4.69, 9.17) is 5.11 Å². The molecule has 0 saturated carbocycles. The third-order valence-electron chi connectivity index (χ3n) is 3.34. The molecule has 0 aliphatic heterocycles. The molecule has 4 heteroatoms. The maximum atomic E-state index is 13.0. The Bertz CT molecular complexity index is 527. The van der Waals surface area contributed by atoms with E-state index < -0.39 is 12.1 Å². The summed E-state index contributed by atoms with van der Waals surface area (Å²) < 4.78 is 39.1. The predicted molar refractivity (Wildman–Crippen MR) is 68.4 cm³/mol. The molecule has 0 bridgehead atoms. The number of hydrogen-bond acceptors (Lipinski definition) is 1. The Morgan fingerprint density at radius 2 is 2.05 bits per heavy atom. The number of alkyl halides is 3. The normalized spacial score (nSPS) is 19.4. The van der Waals surface area contributed by atoms with Crippen molar-refractivity contribution in [3.05, 3.63) is 53.1 Å². The number of rotatable bonds is 2. The summed E-state index contributed by atoms with van der Waals surface area (Å²) in [6, 6.07) is 5.04. The Labute approximate surface area is 110 Å². The molecule has 102 valence electrons. The number of allylic oxidation sites excluding steroid dienone is 4. The second-order valence-corrected chi connectivity index (χ2v) is 4.69. The van der Waals surface area contributed by atoms with Crippen molar-refractivity contribution in [3.8, 4) is 0 Å². The standard InChI is InChI=1S/C15H15F3O/c1-10-8-11(9-19)6-7-12(10)13-4-2-3-5-14(13)15(16,17)18/h2-4,6-8,14,19H,5,9H2,1H3. The third kappa shape index (κ3) is 2.89. The lowest BCUT2D eigenvalue weighted by atomic mass is 9.84. The lowest BCUT2D eigenvalue weighted by Gasteiger charge is -2.25. The lowest BCUT2D eigenvalue weighted by Crippen LogP contribution is -2.25. The van der Waals surface area contributed by atoms with Gasteiger partial charge in [0.2, 0.25) is 0 Å².